The lowest BCUT2D eigenvalue weighted by Crippen LogP contribution is -2.26. The predicted molar refractivity (Wildman–Crippen MR) is 91.9 cm³/mol. The number of ether oxygens (including phenoxy) is 1. The number of benzene rings is 2. The molecule has 0 bridgehead atoms. The summed E-state index contributed by atoms with van der Waals surface area (Å²) in [5.41, 5.74) is 1.17. The zero-order chi connectivity index (χ0) is 16.7. The van der Waals surface area contributed by atoms with Crippen LogP contribution in [0.25, 0.3) is 0 Å². The van der Waals surface area contributed by atoms with E-state index >= 15 is 0 Å². The van der Waals surface area contributed by atoms with E-state index in [-0.39, 0.29) is 11.7 Å². The number of halogens is 2. The molecular weight excluding hydrogens is 361 g/mol. The van der Waals surface area contributed by atoms with E-state index in [1.54, 1.807) is 6.07 Å². The topological polar surface area (TPSA) is 38.3 Å². The number of carbonyl (C=O) groups is 1. The Hall–Kier alpha value is -1.72. The lowest BCUT2D eigenvalue weighted by Gasteiger charge is -2.13. The van der Waals surface area contributed by atoms with Gasteiger partial charge in [-0.15, -0.1) is 0 Å². The summed E-state index contributed by atoms with van der Waals surface area (Å²) < 4.78 is 20.0. The Morgan fingerprint density at radius 3 is 2.70 bits per heavy atom. The minimum atomic E-state index is -0.536. The SMILES string of the molecule is CC(OCCCNC(=O)c1ccc(Br)cc1F)c1ccccc1. The highest BCUT2D eigenvalue weighted by molar-refractivity contribution is 9.10. The summed E-state index contributed by atoms with van der Waals surface area (Å²) in [5.74, 6) is -0.947. The van der Waals surface area contributed by atoms with Gasteiger partial charge in [-0.25, -0.2) is 4.39 Å². The molecule has 0 spiro atoms. The zero-order valence-electron chi connectivity index (χ0n) is 12.9. The van der Waals surface area contributed by atoms with Crippen LogP contribution in [0.4, 0.5) is 4.39 Å². The van der Waals surface area contributed by atoms with Gasteiger partial charge in [0.25, 0.3) is 5.91 Å². The largest absolute Gasteiger partial charge is 0.374 e. The van der Waals surface area contributed by atoms with Gasteiger partial charge in [0.1, 0.15) is 5.82 Å². The number of hydrogen-bond acceptors (Lipinski definition) is 2. The second kappa shape index (κ2) is 8.79. The summed E-state index contributed by atoms with van der Waals surface area (Å²) in [6, 6.07) is 14.3. The maximum atomic E-state index is 13.7. The molecule has 1 N–H and O–H groups in total. The van der Waals surface area contributed by atoms with Gasteiger partial charge in [-0.2, -0.15) is 0 Å². The van der Waals surface area contributed by atoms with Gasteiger partial charge in [-0.3, -0.25) is 4.79 Å². The fraction of sp³-hybridized carbons (Fsp3) is 0.278. The Kier molecular flexibility index (Phi) is 6.74. The minimum absolute atomic E-state index is 0.0100. The molecule has 1 unspecified atom stereocenters. The van der Waals surface area contributed by atoms with Gasteiger partial charge in [0.15, 0.2) is 0 Å². The summed E-state index contributed by atoms with van der Waals surface area (Å²) in [5, 5.41) is 2.70. The van der Waals surface area contributed by atoms with Crippen molar-refractivity contribution >= 4 is 21.8 Å². The van der Waals surface area contributed by atoms with Crippen molar-refractivity contribution in [3.8, 4) is 0 Å². The summed E-state index contributed by atoms with van der Waals surface area (Å²) in [6.45, 7) is 2.96. The maximum absolute atomic E-state index is 13.7. The summed E-state index contributed by atoms with van der Waals surface area (Å²) >= 11 is 3.16. The van der Waals surface area contributed by atoms with Crippen LogP contribution in [0.1, 0.15) is 35.4 Å². The third kappa shape index (κ3) is 5.44. The fourth-order valence-corrected chi connectivity index (χ4v) is 2.46. The average Bonchev–Trinajstić information content (AvgIpc) is 2.55. The second-order valence-corrected chi connectivity index (χ2v) is 6.07. The molecule has 2 aromatic carbocycles. The first-order valence-corrected chi connectivity index (χ1v) is 8.27. The van der Waals surface area contributed by atoms with Gasteiger partial charge in [0, 0.05) is 17.6 Å². The van der Waals surface area contributed by atoms with Gasteiger partial charge < -0.3 is 10.1 Å². The fourth-order valence-electron chi connectivity index (χ4n) is 2.12. The average molecular weight is 380 g/mol. The minimum Gasteiger partial charge on any atom is -0.374 e. The molecule has 3 nitrogen and oxygen atoms in total. The highest BCUT2D eigenvalue weighted by Crippen LogP contribution is 2.16. The van der Waals surface area contributed by atoms with Gasteiger partial charge in [0.05, 0.1) is 11.7 Å². The molecule has 0 aliphatic rings. The Labute approximate surface area is 144 Å². The van der Waals surface area contributed by atoms with Crippen LogP contribution in [-0.2, 0) is 4.74 Å². The molecule has 0 fully saturated rings. The summed E-state index contributed by atoms with van der Waals surface area (Å²) in [4.78, 5) is 11.9. The van der Waals surface area contributed by atoms with E-state index in [1.807, 2.05) is 37.3 Å². The highest BCUT2D eigenvalue weighted by Gasteiger charge is 2.11. The molecule has 5 heteroatoms. The van der Waals surface area contributed by atoms with E-state index in [2.05, 4.69) is 21.2 Å². The van der Waals surface area contributed by atoms with Crippen LogP contribution in [0.3, 0.4) is 0 Å². The van der Waals surface area contributed by atoms with E-state index < -0.39 is 11.7 Å². The standard InChI is InChI=1S/C18H19BrFNO2/c1-13(14-6-3-2-4-7-14)23-11-5-10-21-18(22)16-9-8-15(19)12-17(16)20/h2-4,6-9,12-13H,5,10-11H2,1H3,(H,21,22). The first kappa shape index (κ1) is 17.6. The zero-order valence-corrected chi connectivity index (χ0v) is 14.5. The number of amides is 1. The van der Waals surface area contributed by atoms with Crippen molar-refractivity contribution in [2.75, 3.05) is 13.2 Å². The predicted octanol–water partition coefficient (Wildman–Crippen LogP) is 4.49. The molecule has 0 aromatic heterocycles. The van der Waals surface area contributed by atoms with Crippen LogP contribution < -0.4 is 5.32 Å². The van der Waals surface area contributed by atoms with Crippen LogP contribution in [-0.4, -0.2) is 19.1 Å². The van der Waals surface area contributed by atoms with Crippen molar-refractivity contribution in [2.24, 2.45) is 0 Å². The molecule has 23 heavy (non-hydrogen) atoms. The van der Waals surface area contributed by atoms with Crippen molar-refractivity contribution in [2.45, 2.75) is 19.4 Å². The van der Waals surface area contributed by atoms with Gasteiger partial charge in [-0.05, 0) is 37.1 Å². The first-order chi connectivity index (χ1) is 11.1. The van der Waals surface area contributed by atoms with E-state index in [9.17, 15) is 9.18 Å². The number of nitrogens with one attached hydrogen (secondary N) is 1. The molecular formula is C18H19BrFNO2. The second-order valence-electron chi connectivity index (χ2n) is 5.16. The van der Waals surface area contributed by atoms with Crippen molar-refractivity contribution in [3.63, 3.8) is 0 Å². The smallest absolute Gasteiger partial charge is 0.254 e. The molecule has 2 aromatic rings. The molecule has 0 radical (unpaired) electrons. The molecule has 1 atom stereocenters. The van der Waals surface area contributed by atoms with E-state index in [1.165, 1.54) is 12.1 Å². The molecule has 0 saturated heterocycles. The Morgan fingerprint density at radius 1 is 1.26 bits per heavy atom. The number of hydrogen-bond donors (Lipinski definition) is 1. The Bertz CT molecular complexity index is 649. The molecule has 0 aliphatic carbocycles. The van der Waals surface area contributed by atoms with Crippen molar-refractivity contribution in [3.05, 3.63) is 69.9 Å². The summed E-state index contributed by atoms with van der Waals surface area (Å²) in [6.07, 6.45) is 0.678. The Balaban J connectivity index is 1.70. The third-order valence-corrected chi connectivity index (χ3v) is 3.91. The maximum Gasteiger partial charge on any atom is 0.254 e. The summed E-state index contributed by atoms with van der Waals surface area (Å²) in [7, 11) is 0. The van der Waals surface area contributed by atoms with E-state index in [4.69, 9.17) is 4.74 Å². The Morgan fingerprint density at radius 2 is 2.00 bits per heavy atom. The van der Waals surface area contributed by atoms with Gasteiger partial charge in [0.2, 0.25) is 0 Å². The lowest BCUT2D eigenvalue weighted by molar-refractivity contribution is 0.0634. The van der Waals surface area contributed by atoms with E-state index in [0.29, 0.717) is 24.0 Å². The van der Waals surface area contributed by atoms with Crippen LogP contribution in [0.2, 0.25) is 0 Å². The number of rotatable bonds is 7. The van der Waals surface area contributed by atoms with Gasteiger partial charge in [-0.1, -0.05) is 46.3 Å². The molecule has 0 aliphatic heterocycles. The van der Waals surface area contributed by atoms with Crippen molar-refractivity contribution < 1.29 is 13.9 Å². The molecule has 0 saturated carbocycles. The quantitative estimate of drug-likeness (QED) is 0.719. The molecule has 0 heterocycles. The third-order valence-electron chi connectivity index (χ3n) is 3.42. The molecule has 122 valence electrons. The number of carbonyl (C=O) groups excluding carboxylic acids is 1. The lowest BCUT2D eigenvalue weighted by atomic mass is 10.1. The van der Waals surface area contributed by atoms with Crippen LogP contribution >= 0.6 is 15.9 Å². The molecule has 2 rings (SSSR count). The van der Waals surface area contributed by atoms with E-state index in [0.717, 1.165) is 5.56 Å². The van der Waals surface area contributed by atoms with Crippen LogP contribution in [0.15, 0.2) is 53.0 Å². The van der Waals surface area contributed by atoms with Crippen LogP contribution in [0.5, 0.6) is 0 Å². The normalized spacial score (nSPS) is 12.0. The first-order valence-electron chi connectivity index (χ1n) is 7.47. The monoisotopic (exact) mass is 379 g/mol. The molecule has 1 amide bonds. The highest BCUT2D eigenvalue weighted by atomic mass is 79.9. The van der Waals surface area contributed by atoms with Crippen molar-refractivity contribution in [1.29, 1.82) is 0 Å². The van der Waals surface area contributed by atoms with Gasteiger partial charge >= 0.3 is 0 Å². The van der Waals surface area contributed by atoms with Crippen molar-refractivity contribution in [1.82, 2.24) is 5.32 Å². The van der Waals surface area contributed by atoms with Crippen LogP contribution in [0, 0.1) is 5.82 Å².